The molecule has 0 amide bonds. The third kappa shape index (κ3) is 3.23. The first-order chi connectivity index (χ1) is 6.79. The molecule has 1 rings (SSSR count). The van der Waals surface area contributed by atoms with Gasteiger partial charge in [-0.1, -0.05) is 0 Å². The molecular formula is C11H15NO3. The van der Waals surface area contributed by atoms with Crippen LogP contribution in [0.2, 0.25) is 0 Å². The highest BCUT2D eigenvalue weighted by Gasteiger charge is 2.15. The standard InChI is InChI=1S/C11H15NO3/c1-8-7-9(12(13)14)5-6-10(8)15-11(2,3)4/h5-7H,1-4H3. The fourth-order valence-corrected chi connectivity index (χ4v) is 1.19. The highest BCUT2D eigenvalue weighted by Crippen LogP contribution is 2.26. The molecule has 1 aromatic carbocycles. The van der Waals surface area contributed by atoms with Gasteiger partial charge in [0.2, 0.25) is 0 Å². The van der Waals surface area contributed by atoms with Gasteiger partial charge in [-0.25, -0.2) is 0 Å². The first-order valence-corrected chi connectivity index (χ1v) is 4.74. The Kier molecular flexibility index (Phi) is 2.98. The topological polar surface area (TPSA) is 52.4 Å². The normalized spacial score (nSPS) is 11.2. The lowest BCUT2D eigenvalue weighted by Gasteiger charge is -2.22. The molecule has 0 aromatic heterocycles. The van der Waals surface area contributed by atoms with Crippen LogP contribution in [0.5, 0.6) is 5.75 Å². The van der Waals surface area contributed by atoms with Crippen molar-refractivity contribution in [1.82, 2.24) is 0 Å². The van der Waals surface area contributed by atoms with Gasteiger partial charge in [-0.3, -0.25) is 10.1 Å². The summed E-state index contributed by atoms with van der Waals surface area (Å²) in [4.78, 5) is 10.1. The SMILES string of the molecule is Cc1cc([N+](=O)[O-])ccc1OC(C)(C)C. The summed E-state index contributed by atoms with van der Waals surface area (Å²) in [6.07, 6.45) is 0. The number of nitrogens with zero attached hydrogens (tertiary/aromatic N) is 1. The summed E-state index contributed by atoms with van der Waals surface area (Å²) in [5.41, 5.74) is 0.578. The zero-order valence-corrected chi connectivity index (χ0v) is 9.40. The first kappa shape index (κ1) is 11.5. The number of aryl methyl sites for hydroxylation is 1. The average molecular weight is 209 g/mol. The van der Waals surface area contributed by atoms with Crippen LogP contribution >= 0.6 is 0 Å². The zero-order valence-electron chi connectivity index (χ0n) is 9.40. The summed E-state index contributed by atoms with van der Waals surface area (Å²) in [7, 11) is 0. The second-order valence-corrected chi connectivity index (χ2v) is 4.42. The fraction of sp³-hybridized carbons (Fsp3) is 0.455. The van der Waals surface area contributed by atoms with Crippen molar-refractivity contribution in [3.8, 4) is 5.75 Å². The van der Waals surface area contributed by atoms with Crippen LogP contribution in [-0.4, -0.2) is 10.5 Å². The number of non-ortho nitro benzene ring substituents is 1. The van der Waals surface area contributed by atoms with E-state index in [-0.39, 0.29) is 11.3 Å². The lowest BCUT2D eigenvalue weighted by Crippen LogP contribution is -2.23. The van der Waals surface area contributed by atoms with Crippen LogP contribution in [0.15, 0.2) is 18.2 Å². The molecule has 0 N–H and O–H groups in total. The van der Waals surface area contributed by atoms with Crippen LogP contribution in [-0.2, 0) is 0 Å². The molecule has 4 heteroatoms. The number of rotatable bonds is 2. The maximum Gasteiger partial charge on any atom is 0.269 e. The number of hydrogen-bond acceptors (Lipinski definition) is 3. The van der Waals surface area contributed by atoms with E-state index in [1.54, 1.807) is 13.0 Å². The van der Waals surface area contributed by atoms with E-state index in [1.807, 2.05) is 20.8 Å². The van der Waals surface area contributed by atoms with Crippen LogP contribution in [0.3, 0.4) is 0 Å². The average Bonchev–Trinajstić information content (AvgIpc) is 2.05. The van der Waals surface area contributed by atoms with E-state index in [2.05, 4.69) is 0 Å². The van der Waals surface area contributed by atoms with Crippen molar-refractivity contribution in [2.45, 2.75) is 33.3 Å². The van der Waals surface area contributed by atoms with Crippen molar-refractivity contribution in [1.29, 1.82) is 0 Å². The van der Waals surface area contributed by atoms with Gasteiger partial charge in [0.15, 0.2) is 0 Å². The second-order valence-electron chi connectivity index (χ2n) is 4.42. The third-order valence-electron chi connectivity index (χ3n) is 1.79. The third-order valence-corrected chi connectivity index (χ3v) is 1.79. The minimum Gasteiger partial charge on any atom is -0.488 e. The Morgan fingerprint density at radius 1 is 1.33 bits per heavy atom. The van der Waals surface area contributed by atoms with Crippen molar-refractivity contribution in [2.75, 3.05) is 0 Å². The van der Waals surface area contributed by atoms with Crippen LogP contribution in [0.1, 0.15) is 26.3 Å². The number of nitro groups is 1. The van der Waals surface area contributed by atoms with Crippen molar-refractivity contribution < 1.29 is 9.66 Å². The Labute approximate surface area is 89.0 Å². The van der Waals surface area contributed by atoms with E-state index in [4.69, 9.17) is 4.74 Å². The van der Waals surface area contributed by atoms with Gasteiger partial charge < -0.3 is 4.74 Å². The van der Waals surface area contributed by atoms with E-state index in [1.165, 1.54) is 12.1 Å². The number of hydrogen-bond donors (Lipinski definition) is 0. The van der Waals surface area contributed by atoms with Gasteiger partial charge in [-0.05, 0) is 39.3 Å². The number of nitro benzene ring substituents is 1. The Morgan fingerprint density at radius 2 is 1.93 bits per heavy atom. The summed E-state index contributed by atoms with van der Waals surface area (Å²) >= 11 is 0. The molecule has 0 unspecified atom stereocenters. The predicted octanol–water partition coefficient (Wildman–Crippen LogP) is 3.08. The summed E-state index contributed by atoms with van der Waals surface area (Å²) in [6.45, 7) is 7.61. The van der Waals surface area contributed by atoms with Gasteiger partial charge in [0, 0.05) is 12.1 Å². The zero-order chi connectivity index (χ0) is 11.6. The second kappa shape index (κ2) is 3.88. The predicted molar refractivity (Wildman–Crippen MR) is 58.2 cm³/mol. The molecule has 0 radical (unpaired) electrons. The minimum absolute atomic E-state index is 0.0914. The van der Waals surface area contributed by atoms with E-state index < -0.39 is 4.92 Å². The molecule has 0 aliphatic rings. The quantitative estimate of drug-likeness (QED) is 0.555. The van der Waals surface area contributed by atoms with Gasteiger partial charge in [-0.2, -0.15) is 0 Å². The first-order valence-electron chi connectivity index (χ1n) is 4.74. The lowest BCUT2D eigenvalue weighted by molar-refractivity contribution is -0.384. The summed E-state index contributed by atoms with van der Waals surface area (Å²) in [6, 6.07) is 4.61. The Hall–Kier alpha value is -1.58. The molecular weight excluding hydrogens is 194 g/mol. The lowest BCUT2D eigenvalue weighted by atomic mass is 10.1. The largest absolute Gasteiger partial charge is 0.488 e. The summed E-state index contributed by atoms with van der Waals surface area (Å²) in [5.74, 6) is 0.688. The van der Waals surface area contributed by atoms with Gasteiger partial charge in [0.1, 0.15) is 11.4 Å². The maximum absolute atomic E-state index is 10.5. The van der Waals surface area contributed by atoms with E-state index in [0.29, 0.717) is 5.75 Å². The van der Waals surface area contributed by atoms with Gasteiger partial charge >= 0.3 is 0 Å². The number of ether oxygens (including phenoxy) is 1. The highest BCUT2D eigenvalue weighted by molar-refractivity contribution is 5.43. The molecule has 1 aromatic rings. The Balaban J connectivity index is 2.99. The molecule has 15 heavy (non-hydrogen) atoms. The smallest absolute Gasteiger partial charge is 0.269 e. The summed E-state index contributed by atoms with van der Waals surface area (Å²) in [5, 5.41) is 10.5. The molecule has 82 valence electrons. The molecule has 0 atom stereocenters. The Bertz CT molecular complexity index is 380. The van der Waals surface area contributed by atoms with Crippen molar-refractivity contribution in [3.63, 3.8) is 0 Å². The van der Waals surface area contributed by atoms with Crippen molar-refractivity contribution >= 4 is 5.69 Å². The molecule has 0 saturated heterocycles. The summed E-state index contributed by atoms with van der Waals surface area (Å²) < 4.78 is 5.64. The maximum atomic E-state index is 10.5. The van der Waals surface area contributed by atoms with Gasteiger partial charge in [-0.15, -0.1) is 0 Å². The molecule has 4 nitrogen and oxygen atoms in total. The molecule has 0 fully saturated rings. The molecule has 0 aliphatic heterocycles. The highest BCUT2D eigenvalue weighted by atomic mass is 16.6. The van der Waals surface area contributed by atoms with E-state index in [0.717, 1.165) is 5.56 Å². The van der Waals surface area contributed by atoms with Crippen LogP contribution in [0.4, 0.5) is 5.69 Å². The van der Waals surface area contributed by atoms with Crippen LogP contribution in [0, 0.1) is 17.0 Å². The molecule has 0 bridgehead atoms. The van der Waals surface area contributed by atoms with Crippen LogP contribution < -0.4 is 4.74 Å². The van der Waals surface area contributed by atoms with E-state index >= 15 is 0 Å². The monoisotopic (exact) mass is 209 g/mol. The molecule has 0 saturated carbocycles. The number of benzene rings is 1. The molecule has 0 spiro atoms. The molecule has 0 heterocycles. The van der Waals surface area contributed by atoms with Crippen molar-refractivity contribution in [3.05, 3.63) is 33.9 Å². The van der Waals surface area contributed by atoms with Crippen LogP contribution in [0.25, 0.3) is 0 Å². The van der Waals surface area contributed by atoms with Crippen molar-refractivity contribution in [2.24, 2.45) is 0 Å². The van der Waals surface area contributed by atoms with E-state index in [9.17, 15) is 10.1 Å². The Morgan fingerprint density at radius 3 is 2.33 bits per heavy atom. The fourth-order valence-electron chi connectivity index (χ4n) is 1.19. The van der Waals surface area contributed by atoms with Gasteiger partial charge in [0.05, 0.1) is 4.92 Å². The minimum atomic E-state index is -0.409. The van der Waals surface area contributed by atoms with Gasteiger partial charge in [0.25, 0.3) is 5.69 Å². The molecule has 0 aliphatic carbocycles.